The molecule has 0 bridgehead atoms. The van der Waals surface area contributed by atoms with Gasteiger partial charge in [0.05, 0.1) is 18.5 Å². The summed E-state index contributed by atoms with van der Waals surface area (Å²) < 4.78 is 5.46. The molecule has 1 amide bonds. The van der Waals surface area contributed by atoms with Crippen LogP contribution in [-0.2, 0) is 4.79 Å². The van der Waals surface area contributed by atoms with E-state index in [-0.39, 0.29) is 11.9 Å². The average molecular weight is 494 g/mol. The lowest BCUT2D eigenvalue weighted by atomic mass is 9.94. The number of aliphatic imine (C=N–C) groups is 1. The van der Waals surface area contributed by atoms with Gasteiger partial charge in [-0.1, -0.05) is 48.7 Å². The Hall–Kier alpha value is -2.38. The van der Waals surface area contributed by atoms with Crippen LogP contribution < -0.4 is 9.64 Å². The Morgan fingerprint density at radius 2 is 1.85 bits per heavy atom. The highest BCUT2D eigenvalue weighted by atomic mass is 32.2. The third-order valence-electron chi connectivity index (χ3n) is 6.74. The van der Waals surface area contributed by atoms with Crippen LogP contribution in [0.1, 0.15) is 50.2 Å². The summed E-state index contributed by atoms with van der Waals surface area (Å²) in [5.41, 5.74) is 4.40. The van der Waals surface area contributed by atoms with Crippen LogP contribution in [0.5, 0.6) is 5.75 Å². The highest BCUT2D eigenvalue weighted by molar-refractivity contribution is 8.19. The Morgan fingerprint density at radius 3 is 2.56 bits per heavy atom. The molecule has 2 fully saturated rings. The molecule has 5 rings (SSSR count). The molecule has 0 spiro atoms. The number of benzene rings is 2. The van der Waals surface area contributed by atoms with Gasteiger partial charge in [0.15, 0.2) is 5.17 Å². The highest BCUT2D eigenvalue weighted by Gasteiger charge is 2.43. The quantitative estimate of drug-likeness (QED) is 0.429. The number of hydrogen-bond acceptors (Lipinski definition) is 6. The number of nitrogens with zero attached hydrogens (tertiary/aromatic N) is 3. The first-order valence-electron chi connectivity index (χ1n) is 12.0. The van der Waals surface area contributed by atoms with Crippen molar-refractivity contribution in [2.75, 3.05) is 18.6 Å². The first-order valence-corrected chi connectivity index (χ1v) is 13.7. The van der Waals surface area contributed by atoms with E-state index in [1.54, 1.807) is 18.9 Å². The predicted octanol–water partition coefficient (Wildman–Crippen LogP) is 7.01. The minimum Gasteiger partial charge on any atom is -0.497 e. The largest absolute Gasteiger partial charge is 0.497 e. The highest BCUT2D eigenvalue weighted by Crippen LogP contribution is 2.52. The zero-order chi connectivity index (χ0) is 23.8. The number of ether oxygens (including phenoxy) is 1. The summed E-state index contributed by atoms with van der Waals surface area (Å²) in [6.45, 7) is 7.10. The van der Waals surface area contributed by atoms with Crippen LogP contribution >= 0.6 is 23.5 Å². The maximum Gasteiger partial charge on any atom is 0.269 e. The van der Waals surface area contributed by atoms with Crippen molar-refractivity contribution in [2.24, 2.45) is 4.99 Å². The van der Waals surface area contributed by atoms with Crippen molar-refractivity contribution in [1.29, 1.82) is 0 Å². The number of carbonyl (C=O) groups excluding carboxylic acids is 1. The predicted molar refractivity (Wildman–Crippen MR) is 143 cm³/mol. The van der Waals surface area contributed by atoms with Crippen LogP contribution in [0.3, 0.4) is 0 Å². The van der Waals surface area contributed by atoms with E-state index in [9.17, 15) is 4.79 Å². The molecule has 1 saturated carbocycles. The zero-order valence-electron chi connectivity index (χ0n) is 20.3. The molecule has 0 radical (unpaired) electrons. The van der Waals surface area contributed by atoms with E-state index in [0.29, 0.717) is 0 Å². The summed E-state index contributed by atoms with van der Waals surface area (Å²) >= 11 is 3.22. The van der Waals surface area contributed by atoms with Gasteiger partial charge in [-0.05, 0) is 69.1 Å². The lowest BCUT2D eigenvalue weighted by Crippen LogP contribution is -2.40. The molecule has 2 aromatic carbocycles. The third-order valence-corrected chi connectivity index (χ3v) is 9.09. The molecule has 0 aromatic heterocycles. The second-order valence-corrected chi connectivity index (χ2v) is 11.1. The second-order valence-electron chi connectivity index (χ2n) is 9.07. The molecule has 1 aliphatic carbocycles. The number of rotatable bonds is 4. The van der Waals surface area contributed by atoms with Gasteiger partial charge in [0, 0.05) is 23.5 Å². The van der Waals surface area contributed by atoms with Crippen molar-refractivity contribution < 1.29 is 9.53 Å². The molecule has 5 nitrogen and oxygen atoms in total. The van der Waals surface area contributed by atoms with Crippen LogP contribution in [0.2, 0.25) is 0 Å². The Morgan fingerprint density at radius 1 is 1.06 bits per heavy atom. The molecular formula is C27H31N3O2S2. The van der Waals surface area contributed by atoms with Crippen LogP contribution in [0.25, 0.3) is 0 Å². The fourth-order valence-corrected chi connectivity index (χ4v) is 7.39. The summed E-state index contributed by atoms with van der Waals surface area (Å²) in [7, 11) is 1.69. The number of hydrogen-bond donors (Lipinski definition) is 0. The molecule has 0 unspecified atom stereocenters. The van der Waals surface area contributed by atoms with Gasteiger partial charge in [0.1, 0.15) is 15.7 Å². The van der Waals surface area contributed by atoms with E-state index in [4.69, 9.17) is 9.73 Å². The van der Waals surface area contributed by atoms with Crippen molar-refractivity contribution in [3.05, 3.63) is 57.5 Å². The first-order chi connectivity index (χ1) is 16.5. The molecular weight excluding hydrogens is 462 g/mol. The van der Waals surface area contributed by atoms with Crippen LogP contribution in [0.4, 0.5) is 11.4 Å². The van der Waals surface area contributed by atoms with Gasteiger partial charge in [-0.25, -0.2) is 4.99 Å². The van der Waals surface area contributed by atoms with Crippen LogP contribution in [-0.4, -0.2) is 35.7 Å². The van der Waals surface area contributed by atoms with Crippen molar-refractivity contribution in [1.82, 2.24) is 4.90 Å². The lowest BCUT2D eigenvalue weighted by molar-refractivity contribution is -0.124. The van der Waals surface area contributed by atoms with E-state index in [2.05, 4.69) is 56.0 Å². The van der Waals surface area contributed by atoms with Crippen molar-refractivity contribution in [3.63, 3.8) is 0 Å². The average Bonchev–Trinajstić information content (AvgIpc) is 3.37. The first kappa shape index (κ1) is 23.4. The van der Waals surface area contributed by atoms with Gasteiger partial charge in [0.2, 0.25) is 0 Å². The molecule has 7 heteroatoms. The minimum absolute atomic E-state index is 0.0983. The molecule has 178 valence electrons. The molecule has 1 saturated heterocycles. The number of carbonyl (C=O) groups is 1. The van der Waals surface area contributed by atoms with E-state index < -0.39 is 0 Å². The molecule has 34 heavy (non-hydrogen) atoms. The molecule has 0 atom stereocenters. The van der Waals surface area contributed by atoms with Crippen LogP contribution in [0, 0.1) is 13.8 Å². The number of amides is 1. The number of amidine groups is 1. The maximum atomic E-state index is 14.0. The van der Waals surface area contributed by atoms with Crippen LogP contribution in [0.15, 0.2) is 56.2 Å². The number of methoxy groups -OCH3 is 1. The number of fused-ring (bicyclic) bond motifs is 1. The molecule has 0 N–H and O–H groups in total. The minimum atomic E-state index is 0.0983. The monoisotopic (exact) mass is 493 g/mol. The molecule has 3 aliphatic rings. The van der Waals surface area contributed by atoms with Crippen molar-refractivity contribution in [3.8, 4) is 5.75 Å². The summed E-state index contributed by atoms with van der Waals surface area (Å²) in [6, 6.07) is 12.7. The van der Waals surface area contributed by atoms with E-state index >= 15 is 0 Å². The second kappa shape index (κ2) is 9.70. The summed E-state index contributed by atoms with van der Waals surface area (Å²) in [5.74, 6) is 0.927. The van der Waals surface area contributed by atoms with Gasteiger partial charge in [-0.2, -0.15) is 0 Å². The fourth-order valence-electron chi connectivity index (χ4n) is 4.96. The molecule has 2 aromatic rings. The zero-order valence-corrected chi connectivity index (χ0v) is 21.9. The number of aryl methyl sites for hydroxylation is 2. The molecule has 2 heterocycles. The third kappa shape index (κ3) is 4.24. The van der Waals surface area contributed by atoms with E-state index in [1.165, 1.54) is 36.6 Å². The Labute approximate surface area is 210 Å². The Kier molecular flexibility index (Phi) is 6.67. The van der Waals surface area contributed by atoms with Gasteiger partial charge in [-0.3, -0.25) is 9.69 Å². The standard InChI is InChI=1S/C27H31N3O2S2/c1-5-29-22-16-20(32-4)12-14-23(22)33-26(29)24-25(31)30(19-9-7-6-8-10-19)27(34-24)28-21-13-11-17(2)15-18(21)3/h11-16,19H,5-10H2,1-4H3/b26-24-,28-27?. The summed E-state index contributed by atoms with van der Waals surface area (Å²) in [6.07, 6.45) is 5.68. The smallest absolute Gasteiger partial charge is 0.269 e. The SMILES string of the molecule is CCN1/C(=C2/SC(=Nc3ccc(C)cc3C)N(C3CCCCC3)C2=O)Sc2ccc(OC)cc21. The van der Waals surface area contributed by atoms with Crippen molar-refractivity contribution >= 4 is 46.0 Å². The van der Waals surface area contributed by atoms with Gasteiger partial charge in [-0.15, -0.1) is 0 Å². The lowest BCUT2D eigenvalue weighted by Gasteiger charge is -2.30. The normalized spacial score (nSPS) is 22.1. The maximum absolute atomic E-state index is 14.0. The van der Waals surface area contributed by atoms with E-state index in [1.807, 2.05) is 11.0 Å². The summed E-state index contributed by atoms with van der Waals surface area (Å²) in [4.78, 5) is 25.2. The Bertz CT molecular complexity index is 1180. The van der Waals surface area contributed by atoms with Gasteiger partial charge >= 0.3 is 0 Å². The van der Waals surface area contributed by atoms with Gasteiger partial charge < -0.3 is 9.64 Å². The fraction of sp³-hybridized carbons (Fsp3) is 0.407. The molecule has 2 aliphatic heterocycles. The topological polar surface area (TPSA) is 45.1 Å². The Balaban J connectivity index is 1.58. The van der Waals surface area contributed by atoms with Crippen molar-refractivity contribution in [2.45, 2.75) is 63.8 Å². The van der Waals surface area contributed by atoms with Gasteiger partial charge in [0.25, 0.3) is 5.91 Å². The van der Waals surface area contributed by atoms with E-state index in [0.717, 1.165) is 62.1 Å². The summed E-state index contributed by atoms with van der Waals surface area (Å²) in [5, 5.41) is 1.82. The number of thioether (sulfide) groups is 2. The number of anilines is 1.